The number of aromatic nitrogens is 1. The first-order chi connectivity index (χ1) is 9.19. The first-order valence-electron chi connectivity index (χ1n) is 6.70. The molecule has 1 aromatic heterocycles. The number of halogens is 1. The third-order valence-corrected chi connectivity index (χ3v) is 5.57. The maximum absolute atomic E-state index is 10.6. The second-order valence-electron chi connectivity index (χ2n) is 5.44. The Hall–Kier alpha value is -0.290. The zero-order valence-corrected chi connectivity index (χ0v) is 12.3. The van der Waals surface area contributed by atoms with Crippen molar-refractivity contribution in [1.82, 2.24) is 4.98 Å². The maximum atomic E-state index is 10.6. The summed E-state index contributed by atoms with van der Waals surface area (Å²) in [5.41, 5.74) is 0.874. The average molecular weight is 300 g/mol. The molecule has 19 heavy (non-hydrogen) atoms. The van der Waals surface area contributed by atoms with Crippen molar-refractivity contribution in [2.75, 3.05) is 18.1 Å². The molecule has 3 nitrogen and oxygen atoms in total. The lowest BCUT2D eigenvalue weighted by Crippen LogP contribution is -2.41. The van der Waals surface area contributed by atoms with Crippen LogP contribution in [0.2, 0.25) is 5.15 Å². The van der Waals surface area contributed by atoms with Crippen molar-refractivity contribution in [2.45, 2.75) is 31.0 Å². The molecule has 0 saturated carbocycles. The maximum Gasteiger partial charge on any atom is 0.129 e. The van der Waals surface area contributed by atoms with Gasteiger partial charge in [0.05, 0.1) is 11.7 Å². The number of rotatable bonds is 2. The minimum atomic E-state index is -0.466. The highest BCUT2D eigenvalue weighted by Gasteiger charge is 2.42. The van der Waals surface area contributed by atoms with Gasteiger partial charge in [0.15, 0.2) is 0 Å². The molecule has 2 saturated heterocycles. The molecule has 2 fully saturated rings. The topological polar surface area (TPSA) is 42.4 Å². The van der Waals surface area contributed by atoms with E-state index in [-0.39, 0.29) is 11.5 Å². The predicted octanol–water partition coefficient (Wildman–Crippen LogP) is 3.07. The number of hydrogen-bond donors (Lipinski definition) is 1. The monoisotopic (exact) mass is 299 g/mol. The van der Waals surface area contributed by atoms with Gasteiger partial charge in [-0.05, 0) is 48.6 Å². The van der Waals surface area contributed by atoms with Gasteiger partial charge in [0.2, 0.25) is 0 Å². The van der Waals surface area contributed by atoms with Gasteiger partial charge in [-0.15, -0.1) is 0 Å². The summed E-state index contributed by atoms with van der Waals surface area (Å²) in [7, 11) is 0. The van der Waals surface area contributed by atoms with Crippen molar-refractivity contribution < 1.29 is 9.84 Å². The minimum absolute atomic E-state index is 0.00535. The van der Waals surface area contributed by atoms with E-state index in [9.17, 15) is 5.11 Å². The van der Waals surface area contributed by atoms with Gasteiger partial charge >= 0.3 is 0 Å². The highest BCUT2D eigenvalue weighted by Crippen LogP contribution is 2.44. The van der Waals surface area contributed by atoms with E-state index in [1.54, 1.807) is 12.3 Å². The van der Waals surface area contributed by atoms with E-state index in [1.807, 2.05) is 17.8 Å². The molecule has 0 aromatic carbocycles. The SMILES string of the molecule is OC(c1ccnc(Cl)c1)C1CCOC2(CCSC2)C1. The summed E-state index contributed by atoms with van der Waals surface area (Å²) >= 11 is 7.85. The van der Waals surface area contributed by atoms with Gasteiger partial charge in [-0.25, -0.2) is 4.98 Å². The smallest absolute Gasteiger partial charge is 0.129 e. The van der Waals surface area contributed by atoms with Gasteiger partial charge in [-0.3, -0.25) is 0 Å². The van der Waals surface area contributed by atoms with Crippen LogP contribution >= 0.6 is 23.4 Å². The fourth-order valence-electron chi connectivity index (χ4n) is 3.07. The fraction of sp³-hybridized carbons (Fsp3) is 0.643. The molecule has 2 aliphatic heterocycles. The van der Waals surface area contributed by atoms with Crippen LogP contribution in [0.1, 0.15) is 30.9 Å². The summed E-state index contributed by atoms with van der Waals surface area (Å²) in [4.78, 5) is 3.96. The summed E-state index contributed by atoms with van der Waals surface area (Å²) in [5.74, 6) is 2.49. The molecule has 3 heterocycles. The Morgan fingerprint density at radius 3 is 3.21 bits per heavy atom. The molecule has 2 aliphatic rings. The van der Waals surface area contributed by atoms with E-state index in [1.165, 1.54) is 5.75 Å². The van der Waals surface area contributed by atoms with Crippen LogP contribution in [0.4, 0.5) is 0 Å². The second-order valence-corrected chi connectivity index (χ2v) is 6.94. The van der Waals surface area contributed by atoms with Crippen molar-refractivity contribution in [2.24, 2.45) is 5.92 Å². The zero-order chi connectivity index (χ0) is 13.3. The van der Waals surface area contributed by atoms with Crippen molar-refractivity contribution in [1.29, 1.82) is 0 Å². The van der Waals surface area contributed by atoms with Crippen LogP contribution in [0.5, 0.6) is 0 Å². The number of nitrogens with zero attached hydrogens (tertiary/aromatic N) is 1. The summed E-state index contributed by atoms with van der Waals surface area (Å²) in [5, 5.41) is 11.0. The lowest BCUT2D eigenvalue weighted by Gasteiger charge is -2.39. The van der Waals surface area contributed by atoms with Gasteiger partial charge in [0.25, 0.3) is 0 Å². The van der Waals surface area contributed by atoms with E-state index in [0.717, 1.165) is 37.2 Å². The van der Waals surface area contributed by atoms with E-state index in [2.05, 4.69) is 4.98 Å². The van der Waals surface area contributed by atoms with Gasteiger partial charge < -0.3 is 9.84 Å². The fourth-order valence-corrected chi connectivity index (χ4v) is 4.63. The quantitative estimate of drug-likeness (QED) is 0.852. The normalized spacial score (nSPS) is 32.6. The average Bonchev–Trinajstić information content (AvgIpc) is 2.86. The Morgan fingerprint density at radius 1 is 1.58 bits per heavy atom. The van der Waals surface area contributed by atoms with Crippen molar-refractivity contribution in [3.8, 4) is 0 Å². The number of pyridine rings is 1. The predicted molar refractivity (Wildman–Crippen MR) is 77.6 cm³/mol. The lowest BCUT2D eigenvalue weighted by atomic mass is 9.80. The van der Waals surface area contributed by atoms with Crippen LogP contribution < -0.4 is 0 Å². The summed E-state index contributed by atoms with van der Waals surface area (Å²) in [6.07, 6.45) is 4.15. The van der Waals surface area contributed by atoms with E-state index < -0.39 is 6.10 Å². The number of aliphatic hydroxyl groups excluding tert-OH is 1. The lowest BCUT2D eigenvalue weighted by molar-refractivity contribution is -0.102. The van der Waals surface area contributed by atoms with Crippen molar-refractivity contribution in [3.63, 3.8) is 0 Å². The van der Waals surface area contributed by atoms with Crippen molar-refractivity contribution in [3.05, 3.63) is 29.0 Å². The molecule has 5 heteroatoms. The van der Waals surface area contributed by atoms with E-state index >= 15 is 0 Å². The first-order valence-corrected chi connectivity index (χ1v) is 8.23. The van der Waals surface area contributed by atoms with Gasteiger partial charge in [-0.2, -0.15) is 11.8 Å². The Labute approximate surface area is 122 Å². The molecule has 1 spiro atoms. The Morgan fingerprint density at radius 2 is 2.47 bits per heavy atom. The first kappa shape index (κ1) is 13.7. The molecule has 0 bridgehead atoms. The molecule has 3 unspecified atom stereocenters. The Bertz CT molecular complexity index is 451. The minimum Gasteiger partial charge on any atom is -0.388 e. The number of ether oxygens (including phenoxy) is 1. The van der Waals surface area contributed by atoms with Crippen LogP contribution in [0.3, 0.4) is 0 Å². The van der Waals surface area contributed by atoms with E-state index in [0.29, 0.717) is 5.15 Å². The standard InChI is InChI=1S/C14H18ClNO2S/c15-12-7-10(1-4-16-12)13(17)11-2-5-18-14(8-11)3-6-19-9-14/h1,4,7,11,13,17H,2-3,5-6,8-9H2. The largest absolute Gasteiger partial charge is 0.388 e. The molecule has 0 amide bonds. The summed E-state index contributed by atoms with van der Waals surface area (Å²) < 4.78 is 6.00. The second kappa shape index (κ2) is 5.60. The van der Waals surface area contributed by atoms with Crippen LogP contribution in [-0.2, 0) is 4.74 Å². The van der Waals surface area contributed by atoms with E-state index in [4.69, 9.17) is 16.3 Å². The van der Waals surface area contributed by atoms with Gasteiger partial charge in [0, 0.05) is 18.6 Å². The van der Waals surface area contributed by atoms with Crippen LogP contribution in [0, 0.1) is 5.92 Å². The molecular formula is C14H18ClNO2S. The van der Waals surface area contributed by atoms with Gasteiger partial charge in [-0.1, -0.05) is 11.6 Å². The molecule has 1 aromatic rings. The Kier molecular flexibility index (Phi) is 4.03. The van der Waals surface area contributed by atoms with Gasteiger partial charge in [0.1, 0.15) is 5.15 Å². The van der Waals surface area contributed by atoms with Crippen LogP contribution in [0.15, 0.2) is 18.3 Å². The third kappa shape index (κ3) is 2.92. The van der Waals surface area contributed by atoms with Crippen molar-refractivity contribution >= 4 is 23.4 Å². The zero-order valence-electron chi connectivity index (χ0n) is 10.7. The number of thioether (sulfide) groups is 1. The molecule has 0 radical (unpaired) electrons. The summed E-state index contributed by atoms with van der Waals surface area (Å²) in [6, 6.07) is 3.61. The molecule has 3 rings (SSSR count). The highest BCUT2D eigenvalue weighted by molar-refractivity contribution is 7.99. The molecular weight excluding hydrogens is 282 g/mol. The molecule has 1 N–H and O–H groups in total. The summed E-state index contributed by atoms with van der Waals surface area (Å²) in [6.45, 7) is 0.751. The third-order valence-electron chi connectivity index (χ3n) is 4.14. The highest BCUT2D eigenvalue weighted by atomic mass is 35.5. The molecule has 104 valence electrons. The number of aliphatic hydroxyl groups is 1. The van der Waals surface area contributed by atoms with Crippen LogP contribution in [-0.4, -0.2) is 33.8 Å². The number of hydrogen-bond acceptors (Lipinski definition) is 4. The van der Waals surface area contributed by atoms with Crippen LogP contribution in [0.25, 0.3) is 0 Å². The molecule has 0 aliphatic carbocycles. The molecule has 3 atom stereocenters. The Balaban J connectivity index is 1.74.